The third-order valence-electron chi connectivity index (χ3n) is 17.9. The van der Waals surface area contributed by atoms with E-state index in [4.69, 9.17) is 0 Å². The summed E-state index contributed by atoms with van der Waals surface area (Å²) in [6, 6.07) is 0. The van der Waals surface area contributed by atoms with Crippen LogP contribution in [0, 0.1) is 141 Å². The van der Waals surface area contributed by atoms with Gasteiger partial charge in [0.15, 0.2) is 0 Å². The summed E-state index contributed by atoms with van der Waals surface area (Å²) in [4.78, 5) is 21.9. The van der Waals surface area contributed by atoms with Crippen molar-refractivity contribution < 1.29 is 44.7 Å². The van der Waals surface area contributed by atoms with Crippen LogP contribution < -0.4 is 0 Å². The molecule has 0 spiro atoms. The minimum Gasteiger partial charge on any atom is -0.299 e. The first-order chi connectivity index (χ1) is 42.8. The Balaban J connectivity index is -0.000000125. The van der Waals surface area contributed by atoms with Crippen LogP contribution in [0.4, 0.5) is 35.1 Å². The van der Waals surface area contributed by atoms with Crippen LogP contribution in [-0.4, -0.2) is 42.2 Å². The highest BCUT2D eigenvalue weighted by molar-refractivity contribution is 5.80. The summed E-state index contributed by atoms with van der Waals surface area (Å²) in [7, 11) is 0. The number of ketones is 2. The molecule has 1 aliphatic carbocycles. The first kappa shape index (κ1) is 113. The number of rotatable bonds is 30. The standard InChI is InChI=1S/C10H20.C10H22.C9H17F3.C9H18F2.C9H20.C8H16F2.2C8H16O.C8H18.C7H15F/c1-8(2)7-10(5-6-10)9(3)4;1-8(2)7-10(5,6)9(3)4;1-6(2)5-8(7(3)4)9(10,11)12;1-6(2)8(10)5-9(11)7(3)4;1-7(2)6-9(5)8(3)4;1-6(2)5-8(9,10)7(3)4;2*1-6(2)5-8(9)7(3)4;1-7(2)5-6-8(3)4;1-5(2)7(8)6(3)4/h8-9H,5-7H2,1-4H3;8-9H,7H2,1-6H3;6-8H,5H2,1-4H3;6-9H,5H2,1-4H3;7-9H,6H2,1-5H3;6-7H,5H2,1-4H3;2*6-7H,5H2,1-4H3;7-8H,5-6H2,1-4H3;5-7H,1-4H3. The van der Waals surface area contributed by atoms with E-state index in [2.05, 4.69) is 159 Å². The molecule has 0 radical (unpaired) electrons. The molecule has 1 saturated carbocycles. The van der Waals surface area contributed by atoms with Crippen molar-refractivity contribution in [2.24, 2.45) is 141 Å². The number of hydrogen-bond donors (Lipinski definition) is 0. The third kappa shape index (κ3) is 78.5. The normalized spacial score (nSPS) is 14.4. The van der Waals surface area contributed by atoms with E-state index in [0.29, 0.717) is 28.8 Å². The zero-order chi connectivity index (χ0) is 79.1. The Bertz CT molecular complexity index is 1590. The van der Waals surface area contributed by atoms with Crippen molar-refractivity contribution in [3.63, 3.8) is 0 Å². The molecular weight excluding hydrogens is 1220 g/mol. The molecule has 0 aliphatic heterocycles. The summed E-state index contributed by atoms with van der Waals surface area (Å²) < 4.78 is 101. The van der Waals surface area contributed by atoms with E-state index in [1.807, 2.05) is 83.1 Å². The van der Waals surface area contributed by atoms with Gasteiger partial charge in [-0.05, 0) is 156 Å². The van der Waals surface area contributed by atoms with E-state index < -0.39 is 42.4 Å². The highest BCUT2D eigenvalue weighted by atomic mass is 19.4. The van der Waals surface area contributed by atoms with Gasteiger partial charge in [0, 0.05) is 43.4 Å². The number of halogens is 8. The minimum absolute atomic E-state index is 0.00463. The predicted octanol–water partition coefficient (Wildman–Crippen LogP) is 31.3. The van der Waals surface area contributed by atoms with Gasteiger partial charge in [-0.1, -0.05) is 311 Å². The maximum absolute atomic E-state index is 12.9. The number of hydrogen-bond acceptors (Lipinski definition) is 2. The molecule has 10 heteroatoms. The number of carbonyl (C=O) groups excluding carboxylic acids is 2. The second kappa shape index (κ2) is 60.2. The molecule has 96 heavy (non-hydrogen) atoms. The van der Waals surface area contributed by atoms with E-state index in [0.717, 1.165) is 71.5 Å². The third-order valence-corrected chi connectivity index (χ3v) is 17.9. The summed E-state index contributed by atoms with van der Waals surface area (Å²) in [5.41, 5.74) is 1.29. The lowest BCUT2D eigenvalue weighted by Gasteiger charge is -2.30. The van der Waals surface area contributed by atoms with Crippen molar-refractivity contribution in [3.8, 4) is 0 Å². The Morgan fingerprint density at radius 1 is 0.354 bits per heavy atom. The molecule has 1 rings (SSSR count). The number of Topliss-reactive ketones (excluding diaryl/α,β-unsaturated/α-hetero) is 2. The van der Waals surface area contributed by atoms with Crippen LogP contribution in [0.15, 0.2) is 0 Å². The molecule has 0 aromatic rings. The zero-order valence-corrected chi connectivity index (χ0v) is 72.8. The Hall–Kier alpha value is -1.22. The van der Waals surface area contributed by atoms with Gasteiger partial charge in [-0.25, -0.2) is 22.0 Å². The van der Waals surface area contributed by atoms with Gasteiger partial charge in [0.25, 0.3) is 5.92 Å². The van der Waals surface area contributed by atoms with Crippen molar-refractivity contribution >= 4 is 11.6 Å². The first-order valence-corrected chi connectivity index (χ1v) is 39.2. The quantitative estimate of drug-likeness (QED) is 0.0672. The van der Waals surface area contributed by atoms with Crippen LogP contribution in [0.1, 0.15) is 375 Å². The van der Waals surface area contributed by atoms with Crippen LogP contribution >= 0.6 is 0 Å². The molecular formula is C86H178F8O2. The van der Waals surface area contributed by atoms with Gasteiger partial charge in [-0.3, -0.25) is 9.59 Å². The van der Waals surface area contributed by atoms with E-state index in [1.165, 1.54) is 44.9 Å². The molecule has 4 atom stereocenters. The average molecular weight is 1400 g/mol. The fraction of sp³-hybridized carbons (Fsp3) is 0.977. The summed E-state index contributed by atoms with van der Waals surface area (Å²) in [6.07, 6.45) is 5.03. The molecule has 0 bridgehead atoms. The molecule has 1 fully saturated rings. The first-order valence-electron chi connectivity index (χ1n) is 39.2. The van der Waals surface area contributed by atoms with E-state index in [-0.39, 0.29) is 72.5 Å². The molecule has 0 amide bonds. The Labute approximate surface area is 599 Å². The Morgan fingerprint density at radius 3 is 0.771 bits per heavy atom. The van der Waals surface area contributed by atoms with E-state index in [9.17, 15) is 44.7 Å². The Kier molecular flexibility index (Phi) is 71.1. The van der Waals surface area contributed by atoms with Gasteiger partial charge in [0.1, 0.15) is 30.1 Å². The summed E-state index contributed by atoms with van der Waals surface area (Å²) in [5, 5.41) is 0. The second-order valence-electron chi connectivity index (χ2n) is 37.2. The van der Waals surface area contributed by atoms with Crippen molar-refractivity contribution in [1.29, 1.82) is 0 Å². The SMILES string of the molecule is CC(C)C(F)C(C)C.CC(C)C(F)CC(F)C(C)C.CC(C)CC(=O)C(C)C.CC(C)CC(=O)C(C)C.CC(C)CC(C(C)C)C(F)(F)F.CC(C)CC(C)(C)C(C)C.CC(C)CC(C)C(C)C.CC(C)CC(F)(F)C(C)C.CC(C)CC1(C(C)C)CC1.CC(C)CCC(C)C. The lowest BCUT2D eigenvalue weighted by Crippen LogP contribution is -2.28. The lowest BCUT2D eigenvalue weighted by molar-refractivity contribution is -0.190. The van der Waals surface area contributed by atoms with Crippen LogP contribution in [-0.2, 0) is 9.59 Å². The van der Waals surface area contributed by atoms with Gasteiger partial charge in [-0.15, -0.1) is 0 Å². The molecule has 0 aromatic heterocycles. The van der Waals surface area contributed by atoms with Gasteiger partial charge in [-0.2, -0.15) is 13.2 Å². The van der Waals surface area contributed by atoms with Gasteiger partial charge >= 0.3 is 6.18 Å². The Morgan fingerprint density at radius 2 is 0.677 bits per heavy atom. The monoisotopic (exact) mass is 1400 g/mol. The molecule has 0 saturated heterocycles. The predicted molar refractivity (Wildman–Crippen MR) is 417 cm³/mol. The lowest BCUT2D eigenvalue weighted by atomic mass is 9.75. The van der Waals surface area contributed by atoms with Crippen molar-refractivity contribution in [2.75, 3.05) is 0 Å². The minimum atomic E-state index is -4.03. The van der Waals surface area contributed by atoms with E-state index >= 15 is 0 Å². The van der Waals surface area contributed by atoms with Crippen LogP contribution in [0.3, 0.4) is 0 Å². The largest absolute Gasteiger partial charge is 0.392 e. The van der Waals surface area contributed by atoms with Crippen LogP contribution in [0.5, 0.6) is 0 Å². The van der Waals surface area contributed by atoms with Crippen molar-refractivity contribution in [3.05, 3.63) is 0 Å². The van der Waals surface area contributed by atoms with Crippen LogP contribution in [0.25, 0.3) is 0 Å². The molecule has 1 aliphatic rings. The molecule has 590 valence electrons. The summed E-state index contributed by atoms with van der Waals surface area (Å²) >= 11 is 0. The maximum atomic E-state index is 12.9. The highest BCUT2D eigenvalue weighted by Gasteiger charge is 2.45. The highest BCUT2D eigenvalue weighted by Crippen LogP contribution is 2.56. The van der Waals surface area contributed by atoms with Gasteiger partial charge in [0.2, 0.25) is 0 Å². The van der Waals surface area contributed by atoms with Crippen molar-refractivity contribution in [2.45, 2.75) is 405 Å². The van der Waals surface area contributed by atoms with Crippen molar-refractivity contribution in [1.82, 2.24) is 0 Å². The summed E-state index contributed by atoms with van der Waals surface area (Å²) in [6.45, 7) is 88.4. The smallest absolute Gasteiger partial charge is 0.299 e. The molecule has 4 unspecified atom stereocenters. The zero-order valence-electron chi connectivity index (χ0n) is 72.8. The number of carbonyl (C=O) groups is 2. The van der Waals surface area contributed by atoms with E-state index in [1.54, 1.807) is 55.4 Å². The van der Waals surface area contributed by atoms with Crippen LogP contribution in [0.2, 0.25) is 0 Å². The molecule has 0 aromatic carbocycles. The summed E-state index contributed by atoms with van der Waals surface area (Å²) in [5.74, 6) is 5.99. The fourth-order valence-electron chi connectivity index (χ4n) is 9.84. The molecule has 2 nitrogen and oxygen atoms in total. The molecule has 0 N–H and O–H groups in total. The average Bonchev–Trinajstić information content (AvgIpc) is 1.64. The number of alkyl halides is 8. The molecule has 0 heterocycles. The van der Waals surface area contributed by atoms with Gasteiger partial charge < -0.3 is 0 Å². The van der Waals surface area contributed by atoms with Gasteiger partial charge in [0.05, 0.1) is 5.92 Å². The second-order valence-corrected chi connectivity index (χ2v) is 37.2. The fourth-order valence-corrected chi connectivity index (χ4v) is 9.84. The maximum Gasteiger partial charge on any atom is 0.392 e. The topological polar surface area (TPSA) is 34.1 Å².